The number of hydrogen-bond donors (Lipinski definition) is 1. The molecule has 1 heterocycles. The van der Waals surface area contributed by atoms with Crippen molar-refractivity contribution in [1.82, 2.24) is 15.2 Å². The van der Waals surface area contributed by atoms with E-state index < -0.39 is 0 Å². The van der Waals surface area contributed by atoms with Crippen molar-refractivity contribution < 1.29 is 4.79 Å². The Kier molecular flexibility index (Phi) is 8.08. The van der Waals surface area contributed by atoms with Crippen LogP contribution in [0.15, 0.2) is 58.8 Å². The fourth-order valence-electron chi connectivity index (χ4n) is 3.20. The number of carbonyl (C=O) groups excluding carboxylic acids is 1. The van der Waals surface area contributed by atoms with Gasteiger partial charge in [-0.1, -0.05) is 31.2 Å². The van der Waals surface area contributed by atoms with Crippen molar-refractivity contribution in [2.45, 2.75) is 37.0 Å². The fraction of sp³-hybridized carbons (Fsp3) is 0.333. The molecule has 4 nitrogen and oxygen atoms in total. The number of nitrogens with one attached hydrogen (secondary N) is 1. The lowest BCUT2D eigenvalue weighted by atomic mass is 10.0. The van der Waals surface area contributed by atoms with E-state index in [9.17, 15) is 4.79 Å². The van der Waals surface area contributed by atoms with Crippen molar-refractivity contribution in [2.75, 3.05) is 20.6 Å². The van der Waals surface area contributed by atoms with Gasteiger partial charge in [0.25, 0.3) is 5.91 Å². The van der Waals surface area contributed by atoms with Gasteiger partial charge in [0.15, 0.2) is 0 Å². The average molecular weight is 440 g/mol. The molecule has 0 aliphatic carbocycles. The predicted molar refractivity (Wildman–Crippen MR) is 127 cm³/mol. The van der Waals surface area contributed by atoms with Gasteiger partial charge in [0, 0.05) is 28.1 Å². The summed E-state index contributed by atoms with van der Waals surface area (Å²) in [5, 5.41) is 6.28. The first-order chi connectivity index (χ1) is 14.5. The van der Waals surface area contributed by atoms with E-state index in [0.29, 0.717) is 12.1 Å². The van der Waals surface area contributed by atoms with Gasteiger partial charge in [0.05, 0.1) is 16.7 Å². The molecule has 0 spiro atoms. The molecule has 0 fully saturated rings. The van der Waals surface area contributed by atoms with Crippen LogP contribution in [-0.4, -0.2) is 36.4 Å². The van der Waals surface area contributed by atoms with E-state index in [1.807, 2.05) is 45.3 Å². The normalized spacial score (nSPS) is 12.2. The summed E-state index contributed by atoms with van der Waals surface area (Å²) in [6.07, 6.45) is 1.03. The van der Waals surface area contributed by atoms with Crippen LogP contribution in [0.4, 0.5) is 0 Å². The minimum Gasteiger partial charge on any atom is -0.350 e. The number of thiazole rings is 1. The Morgan fingerprint density at radius 3 is 2.40 bits per heavy atom. The van der Waals surface area contributed by atoms with Gasteiger partial charge in [0.2, 0.25) is 0 Å². The van der Waals surface area contributed by atoms with Gasteiger partial charge in [-0.15, -0.1) is 23.1 Å². The van der Waals surface area contributed by atoms with Crippen LogP contribution >= 0.6 is 23.1 Å². The van der Waals surface area contributed by atoms with E-state index in [2.05, 4.69) is 51.8 Å². The van der Waals surface area contributed by atoms with E-state index in [4.69, 9.17) is 0 Å². The number of aromatic nitrogens is 1. The highest BCUT2D eigenvalue weighted by atomic mass is 32.2. The van der Waals surface area contributed by atoms with Crippen LogP contribution in [0.5, 0.6) is 0 Å². The van der Waals surface area contributed by atoms with E-state index in [1.54, 1.807) is 23.1 Å². The zero-order chi connectivity index (χ0) is 21.5. The summed E-state index contributed by atoms with van der Waals surface area (Å²) in [6.45, 7) is 4.74. The van der Waals surface area contributed by atoms with E-state index in [0.717, 1.165) is 27.8 Å². The maximum atomic E-state index is 12.7. The van der Waals surface area contributed by atoms with Gasteiger partial charge in [-0.05, 0) is 62.8 Å². The third-order valence-corrected chi connectivity index (χ3v) is 6.89. The van der Waals surface area contributed by atoms with Crippen molar-refractivity contribution in [3.63, 3.8) is 0 Å². The van der Waals surface area contributed by atoms with Gasteiger partial charge in [-0.2, -0.15) is 0 Å². The lowest BCUT2D eigenvalue weighted by molar-refractivity contribution is 0.0942. The zero-order valence-corrected chi connectivity index (χ0v) is 19.6. The summed E-state index contributed by atoms with van der Waals surface area (Å²) in [5.41, 5.74) is 4.32. The molecule has 3 rings (SSSR count). The van der Waals surface area contributed by atoms with Crippen molar-refractivity contribution in [2.24, 2.45) is 0 Å². The van der Waals surface area contributed by atoms with Gasteiger partial charge < -0.3 is 10.2 Å². The molecule has 0 aliphatic rings. The Morgan fingerprint density at radius 1 is 1.13 bits per heavy atom. The molecule has 3 aromatic rings. The first-order valence-corrected chi connectivity index (χ1v) is 12.0. The number of amides is 1. The molecule has 6 heteroatoms. The van der Waals surface area contributed by atoms with Crippen LogP contribution in [0.3, 0.4) is 0 Å². The number of carbonyl (C=O) groups is 1. The Balaban J connectivity index is 1.56. The number of nitrogens with zero attached hydrogens (tertiary/aromatic N) is 2. The summed E-state index contributed by atoms with van der Waals surface area (Å²) in [6, 6.07) is 16.6. The Labute approximate surface area is 187 Å². The van der Waals surface area contributed by atoms with Crippen molar-refractivity contribution in [3.8, 4) is 0 Å². The molecule has 1 N–H and O–H groups in total. The highest BCUT2D eigenvalue weighted by Crippen LogP contribution is 2.24. The predicted octanol–water partition coefficient (Wildman–Crippen LogP) is 5.34. The smallest absolute Gasteiger partial charge is 0.251 e. The van der Waals surface area contributed by atoms with E-state index in [1.165, 1.54) is 11.1 Å². The number of hydrogen-bond acceptors (Lipinski definition) is 5. The molecular formula is C24H29N3OS2. The molecule has 0 saturated carbocycles. The molecule has 30 heavy (non-hydrogen) atoms. The van der Waals surface area contributed by atoms with Crippen LogP contribution in [0, 0.1) is 6.92 Å². The molecule has 1 amide bonds. The molecule has 0 radical (unpaired) electrons. The van der Waals surface area contributed by atoms with E-state index >= 15 is 0 Å². The van der Waals surface area contributed by atoms with Crippen molar-refractivity contribution in [3.05, 3.63) is 81.3 Å². The van der Waals surface area contributed by atoms with Crippen LogP contribution in [0.2, 0.25) is 0 Å². The first kappa shape index (κ1) is 22.5. The summed E-state index contributed by atoms with van der Waals surface area (Å²) < 4.78 is 0. The maximum Gasteiger partial charge on any atom is 0.251 e. The van der Waals surface area contributed by atoms with Crippen LogP contribution < -0.4 is 5.32 Å². The highest BCUT2D eigenvalue weighted by Gasteiger charge is 2.16. The lowest BCUT2D eigenvalue weighted by Crippen LogP contribution is -2.34. The second-order valence-corrected chi connectivity index (χ2v) is 9.57. The second kappa shape index (κ2) is 10.8. The average Bonchev–Trinajstić information content (AvgIpc) is 3.18. The third kappa shape index (κ3) is 6.17. The summed E-state index contributed by atoms with van der Waals surface area (Å²) >= 11 is 3.41. The molecule has 0 aliphatic heterocycles. The van der Waals surface area contributed by atoms with Gasteiger partial charge in [0.1, 0.15) is 0 Å². The quantitative estimate of drug-likeness (QED) is 0.457. The Bertz CT molecular complexity index is 949. The second-order valence-electron chi connectivity index (χ2n) is 7.46. The van der Waals surface area contributed by atoms with Crippen LogP contribution in [0.1, 0.15) is 45.2 Å². The summed E-state index contributed by atoms with van der Waals surface area (Å²) in [7, 11) is 4.08. The molecule has 0 bridgehead atoms. The Morgan fingerprint density at radius 2 is 1.83 bits per heavy atom. The first-order valence-electron chi connectivity index (χ1n) is 10.1. The summed E-state index contributed by atoms with van der Waals surface area (Å²) in [4.78, 5) is 20.4. The fourth-order valence-corrected chi connectivity index (χ4v) is 4.71. The largest absolute Gasteiger partial charge is 0.350 e. The van der Waals surface area contributed by atoms with Crippen molar-refractivity contribution >= 4 is 29.0 Å². The Hall–Kier alpha value is -2.15. The topological polar surface area (TPSA) is 45.2 Å². The lowest BCUT2D eigenvalue weighted by Gasteiger charge is -2.25. The van der Waals surface area contributed by atoms with Gasteiger partial charge in [-0.3, -0.25) is 4.79 Å². The molecule has 1 atom stereocenters. The highest BCUT2D eigenvalue weighted by molar-refractivity contribution is 7.98. The number of thioether (sulfide) groups is 1. The molecule has 1 aromatic heterocycles. The van der Waals surface area contributed by atoms with E-state index in [-0.39, 0.29) is 11.9 Å². The number of benzene rings is 2. The molecule has 1 unspecified atom stereocenters. The zero-order valence-electron chi connectivity index (χ0n) is 18.0. The standard InChI is InChI=1S/C24H29N3OS2/c1-5-18-6-8-19(9-7-18)23(27(3)4)14-25-24(28)20-10-12-22(13-11-20)30-16-21-15-29-17(2)26-21/h6-13,15,23H,5,14,16H2,1-4H3,(H,25,28). The van der Waals surface area contributed by atoms with Crippen LogP contribution in [-0.2, 0) is 12.2 Å². The third-order valence-electron chi connectivity index (χ3n) is 5.02. The molecule has 158 valence electrons. The molecule has 0 saturated heterocycles. The number of rotatable bonds is 9. The number of aryl methyl sites for hydroxylation is 2. The van der Waals surface area contributed by atoms with Gasteiger partial charge in [-0.25, -0.2) is 4.98 Å². The van der Waals surface area contributed by atoms with Crippen LogP contribution in [0.25, 0.3) is 0 Å². The number of likely N-dealkylation sites (N-methyl/N-ethyl adjacent to an activating group) is 1. The van der Waals surface area contributed by atoms with Gasteiger partial charge >= 0.3 is 0 Å². The molecule has 2 aromatic carbocycles. The molecular weight excluding hydrogens is 410 g/mol. The SMILES string of the molecule is CCc1ccc(C(CNC(=O)c2ccc(SCc3csc(C)n3)cc2)N(C)C)cc1. The maximum absolute atomic E-state index is 12.7. The summed E-state index contributed by atoms with van der Waals surface area (Å²) in [5.74, 6) is 0.802. The minimum atomic E-state index is -0.0429. The van der Waals surface area contributed by atoms with Crippen molar-refractivity contribution in [1.29, 1.82) is 0 Å². The minimum absolute atomic E-state index is 0.0429. The monoisotopic (exact) mass is 439 g/mol.